The minimum absolute atomic E-state index is 0.00264. The van der Waals surface area contributed by atoms with Gasteiger partial charge in [0.2, 0.25) is 19.9 Å². The first-order valence-corrected chi connectivity index (χ1v) is 15.7. The average Bonchev–Trinajstić information content (AvgIpc) is 3.54. The third-order valence-electron chi connectivity index (χ3n) is 7.51. The minimum Gasteiger partial charge on any atom is -0.394 e. The van der Waals surface area contributed by atoms with Crippen LogP contribution in [0.4, 0.5) is 0 Å². The molecule has 1 aliphatic heterocycles. The molecular formula is C25H32N6O5S2. The number of sulfone groups is 1. The highest BCUT2D eigenvalue weighted by Crippen LogP contribution is 2.45. The molecule has 0 saturated carbocycles. The van der Waals surface area contributed by atoms with E-state index in [2.05, 4.69) is 24.6 Å². The molecule has 1 aliphatic rings. The molecule has 0 radical (unpaired) electrons. The number of imidazole rings is 1. The van der Waals surface area contributed by atoms with Crippen LogP contribution in [0.15, 0.2) is 53.7 Å². The van der Waals surface area contributed by atoms with Crippen molar-refractivity contribution in [3.63, 3.8) is 0 Å². The zero-order chi connectivity index (χ0) is 27.3. The van der Waals surface area contributed by atoms with Crippen LogP contribution in [-0.4, -0.2) is 78.3 Å². The number of likely N-dealkylation sites (tertiary alicyclic amines) is 1. The lowest BCUT2D eigenvalue weighted by Gasteiger charge is -2.46. The molecule has 4 aromatic rings. The van der Waals surface area contributed by atoms with Crippen molar-refractivity contribution >= 4 is 41.9 Å². The molecule has 4 heterocycles. The lowest BCUT2D eigenvalue weighted by atomic mass is 9.86. The van der Waals surface area contributed by atoms with E-state index in [-0.39, 0.29) is 17.3 Å². The second-order valence-corrected chi connectivity index (χ2v) is 14.4. The smallest absolute Gasteiger partial charge is 0.210 e. The van der Waals surface area contributed by atoms with Gasteiger partial charge in [0.1, 0.15) is 17.0 Å². The van der Waals surface area contributed by atoms with E-state index >= 15 is 0 Å². The van der Waals surface area contributed by atoms with Crippen molar-refractivity contribution in [3.8, 4) is 0 Å². The largest absolute Gasteiger partial charge is 0.394 e. The standard InChI is InChI=1S/C25H32N6O5S2/c1-24(2,16-32)31-13-10-17(11-14-31)25(30-37(3,33)34,38(35,36)18-7-5-4-6-8-18)23-28-20-15-27-22-19(9-12-26-22)21(20)29-23/h4-9,12,15,17,30,32H,10-11,13-14,16H2,1-3H3,(H,26,27)(H,28,29). The van der Waals surface area contributed by atoms with Crippen LogP contribution in [0.1, 0.15) is 32.5 Å². The first-order chi connectivity index (χ1) is 17.9. The van der Waals surface area contributed by atoms with E-state index in [0.717, 1.165) is 6.26 Å². The van der Waals surface area contributed by atoms with Crippen LogP contribution in [0.3, 0.4) is 0 Å². The van der Waals surface area contributed by atoms with Crippen molar-refractivity contribution in [2.75, 3.05) is 26.0 Å². The Kier molecular flexibility index (Phi) is 6.63. The van der Waals surface area contributed by atoms with Gasteiger partial charge < -0.3 is 15.1 Å². The Morgan fingerprint density at radius 2 is 1.79 bits per heavy atom. The van der Waals surface area contributed by atoms with Gasteiger partial charge in [-0.2, -0.15) is 4.72 Å². The number of hydrogen-bond donors (Lipinski definition) is 4. The van der Waals surface area contributed by atoms with E-state index in [1.54, 1.807) is 36.7 Å². The second kappa shape index (κ2) is 9.42. The maximum absolute atomic E-state index is 14.6. The SMILES string of the molecule is CC(C)(CO)N1CCC(C(NS(C)(=O)=O)(c2nc3c(cnc4[nH]ccc43)[nH]2)S(=O)(=O)c2ccccc2)CC1. The topological polar surface area (TPSA) is 161 Å². The number of aromatic amines is 2. The van der Waals surface area contributed by atoms with E-state index in [1.807, 2.05) is 13.8 Å². The van der Waals surface area contributed by atoms with Gasteiger partial charge in [-0.1, -0.05) is 18.2 Å². The summed E-state index contributed by atoms with van der Waals surface area (Å²) >= 11 is 0. The number of rotatable bonds is 8. The lowest BCUT2D eigenvalue weighted by molar-refractivity contribution is 0.0219. The van der Waals surface area contributed by atoms with Gasteiger partial charge in [0.25, 0.3) is 0 Å². The molecule has 1 atom stereocenters. The predicted octanol–water partition coefficient (Wildman–Crippen LogP) is 2.10. The quantitative estimate of drug-likeness (QED) is 0.255. The number of fused-ring (bicyclic) bond motifs is 3. The summed E-state index contributed by atoms with van der Waals surface area (Å²) in [6.07, 6.45) is 4.94. The van der Waals surface area contributed by atoms with E-state index in [0.29, 0.717) is 48.0 Å². The molecule has 1 saturated heterocycles. The summed E-state index contributed by atoms with van der Waals surface area (Å²) in [6.45, 7) is 4.73. The number of aliphatic hydroxyl groups is 1. The highest BCUT2D eigenvalue weighted by Gasteiger charge is 2.57. The molecule has 5 rings (SSSR count). The van der Waals surface area contributed by atoms with Gasteiger partial charge in [-0.05, 0) is 58.0 Å². The van der Waals surface area contributed by atoms with Crippen LogP contribution in [0.2, 0.25) is 0 Å². The number of sulfonamides is 1. The third-order valence-corrected chi connectivity index (χ3v) is 10.7. The molecule has 4 N–H and O–H groups in total. The fourth-order valence-corrected chi connectivity index (χ4v) is 9.05. The van der Waals surface area contributed by atoms with Crippen LogP contribution in [-0.2, 0) is 24.7 Å². The molecule has 204 valence electrons. The van der Waals surface area contributed by atoms with Gasteiger partial charge in [-0.3, -0.25) is 4.90 Å². The van der Waals surface area contributed by atoms with Crippen molar-refractivity contribution in [1.29, 1.82) is 0 Å². The Labute approximate surface area is 221 Å². The van der Waals surface area contributed by atoms with Crippen molar-refractivity contribution in [1.82, 2.24) is 29.6 Å². The fourth-order valence-electron chi connectivity index (χ4n) is 5.43. The summed E-state index contributed by atoms with van der Waals surface area (Å²) in [5.41, 5.74) is 1.07. The summed E-state index contributed by atoms with van der Waals surface area (Å²) in [5.74, 6) is -0.666. The maximum atomic E-state index is 14.6. The molecule has 1 unspecified atom stereocenters. The normalized spacial score (nSPS) is 18.2. The number of benzene rings is 1. The third kappa shape index (κ3) is 4.41. The predicted molar refractivity (Wildman–Crippen MR) is 144 cm³/mol. The Bertz CT molecular complexity index is 1670. The summed E-state index contributed by atoms with van der Waals surface area (Å²) in [4.78, 5) is 15.2. The van der Waals surface area contributed by atoms with E-state index in [4.69, 9.17) is 4.98 Å². The molecule has 11 nitrogen and oxygen atoms in total. The van der Waals surface area contributed by atoms with Crippen LogP contribution in [0.25, 0.3) is 22.1 Å². The summed E-state index contributed by atoms with van der Waals surface area (Å²) in [5, 5.41) is 10.6. The highest BCUT2D eigenvalue weighted by atomic mass is 32.2. The Morgan fingerprint density at radius 1 is 1.11 bits per heavy atom. The first-order valence-electron chi connectivity index (χ1n) is 12.4. The number of aliphatic hydroxyl groups excluding tert-OH is 1. The molecule has 0 aliphatic carbocycles. The van der Waals surface area contributed by atoms with Gasteiger partial charge in [0.05, 0.1) is 29.5 Å². The minimum atomic E-state index is -4.37. The molecule has 13 heteroatoms. The zero-order valence-corrected chi connectivity index (χ0v) is 23.1. The summed E-state index contributed by atoms with van der Waals surface area (Å²) < 4.78 is 57.6. The van der Waals surface area contributed by atoms with Crippen molar-refractivity contribution in [2.24, 2.45) is 5.92 Å². The molecule has 0 spiro atoms. The second-order valence-electron chi connectivity index (χ2n) is 10.5. The zero-order valence-electron chi connectivity index (χ0n) is 21.5. The Hall–Kier alpha value is -2.84. The van der Waals surface area contributed by atoms with Crippen molar-refractivity contribution in [2.45, 2.75) is 42.0 Å². The summed E-state index contributed by atoms with van der Waals surface area (Å²) in [6, 6.07) is 9.64. The molecular weight excluding hydrogens is 528 g/mol. The number of hydrogen-bond acceptors (Lipinski definition) is 8. The van der Waals surface area contributed by atoms with E-state index in [9.17, 15) is 21.9 Å². The Balaban J connectivity index is 1.76. The number of pyridine rings is 1. The average molecular weight is 561 g/mol. The molecule has 3 aromatic heterocycles. The van der Waals surface area contributed by atoms with Gasteiger partial charge in [-0.15, -0.1) is 0 Å². The van der Waals surface area contributed by atoms with E-state index < -0.39 is 36.2 Å². The number of nitrogens with zero attached hydrogens (tertiary/aromatic N) is 3. The van der Waals surface area contributed by atoms with E-state index in [1.165, 1.54) is 12.1 Å². The summed E-state index contributed by atoms with van der Waals surface area (Å²) in [7, 11) is -8.43. The van der Waals surface area contributed by atoms with Crippen LogP contribution < -0.4 is 4.72 Å². The molecule has 0 bridgehead atoms. The monoisotopic (exact) mass is 560 g/mol. The number of H-pyrrole nitrogens is 2. The number of nitrogens with one attached hydrogen (secondary N) is 3. The first kappa shape index (κ1) is 26.8. The molecule has 1 aromatic carbocycles. The van der Waals surface area contributed by atoms with Crippen LogP contribution in [0.5, 0.6) is 0 Å². The number of aromatic nitrogens is 4. The molecule has 0 amide bonds. The van der Waals surface area contributed by atoms with Gasteiger partial charge in [0.15, 0.2) is 4.87 Å². The van der Waals surface area contributed by atoms with Crippen molar-refractivity contribution in [3.05, 3.63) is 54.6 Å². The van der Waals surface area contributed by atoms with Crippen LogP contribution in [0, 0.1) is 5.92 Å². The molecule has 1 fully saturated rings. The van der Waals surface area contributed by atoms with Crippen LogP contribution >= 0.6 is 0 Å². The van der Waals surface area contributed by atoms with Gasteiger partial charge in [-0.25, -0.2) is 26.8 Å². The van der Waals surface area contributed by atoms with Gasteiger partial charge >= 0.3 is 0 Å². The fraction of sp³-hybridized carbons (Fsp3) is 0.440. The number of piperidine rings is 1. The van der Waals surface area contributed by atoms with Gasteiger partial charge in [0, 0.05) is 23.0 Å². The highest BCUT2D eigenvalue weighted by molar-refractivity contribution is 7.94. The lowest BCUT2D eigenvalue weighted by Crippen LogP contribution is -2.60. The molecule has 38 heavy (non-hydrogen) atoms. The van der Waals surface area contributed by atoms with Crippen molar-refractivity contribution < 1.29 is 21.9 Å². The maximum Gasteiger partial charge on any atom is 0.210 e. The Morgan fingerprint density at radius 3 is 2.42 bits per heavy atom.